The molecule has 0 heterocycles. The van der Waals surface area contributed by atoms with E-state index in [9.17, 15) is 13.2 Å². The number of sulfonamides is 1. The molecular weight excluding hydrogens is 503 g/mol. The highest BCUT2D eigenvalue weighted by Gasteiger charge is 2.27. The number of anilines is 1. The number of nitrogens with zero attached hydrogens (tertiary/aromatic N) is 1. The lowest BCUT2D eigenvalue weighted by atomic mass is 10.3. The Balaban J connectivity index is 1.70. The van der Waals surface area contributed by atoms with Gasteiger partial charge in [0.2, 0.25) is 5.91 Å². The first kappa shape index (κ1) is 25.2. The zero-order valence-electron chi connectivity index (χ0n) is 17.7. The van der Waals surface area contributed by atoms with Gasteiger partial charge < -0.3 is 10.1 Å². The number of methoxy groups -OCH3 is 1. The molecule has 0 aromatic heterocycles. The molecule has 0 spiro atoms. The molecule has 174 valence electrons. The normalized spacial score (nSPS) is 11.1. The highest BCUT2D eigenvalue weighted by atomic mass is 35.5. The zero-order valence-corrected chi connectivity index (χ0v) is 20.8. The van der Waals surface area contributed by atoms with E-state index in [1.54, 1.807) is 60.3 Å². The van der Waals surface area contributed by atoms with Gasteiger partial charge in [-0.15, -0.1) is 11.8 Å². The predicted molar refractivity (Wildman–Crippen MR) is 134 cm³/mol. The van der Waals surface area contributed by atoms with Gasteiger partial charge in [-0.1, -0.05) is 23.2 Å². The van der Waals surface area contributed by atoms with E-state index in [4.69, 9.17) is 27.9 Å². The van der Waals surface area contributed by atoms with Crippen molar-refractivity contribution >= 4 is 56.6 Å². The van der Waals surface area contributed by atoms with Crippen molar-refractivity contribution in [2.45, 2.75) is 9.79 Å². The summed E-state index contributed by atoms with van der Waals surface area (Å²) in [6.07, 6.45) is 0. The van der Waals surface area contributed by atoms with Gasteiger partial charge >= 0.3 is 0 Å². The lowest BCUT2D eigenvalue weighted by Crippen LogP contribution is -2.41. The van der Waals surface area contributed by atoms with Gasteiger partial charge in [-0.3, -0.25) is 9.10 Å². The van der Waals surface area contributed by atoms with E-state index >= 15 is 0 Å². The maximum Gasteiger partial charge on any atom is 0.264 e. The first-order valence-corrected chi connectivity index (χ1v) is 13.0. The Labute approximate surface area is 207 Å². The van der Waals surface area contributed by atoms with Crippen molar-refractivity contribution in [2.75, 3.05) is 30.3 Å². The molecule has 1 amide bonds. The molecule has 1 N–H and O–H groups in total. The van der Waals surface area contributed by atoms with Crippen molar-refractivity contribution in [2.24, 2.45) is 0 Å². The zero-order chi connectivity index (χ0) is 23.8. The molecule has 0 radical (unpaired) electrons. The lowest BCUT2D eigenvalue weighted by Gasteiger charge is -2.24. The van der Waals surface area contributed by atoms with Crippen LogP contribution in [0.2, 0.25) is 10.0 Å². The van der Waals surface area contributed by atoms with Gasteiger partial charge in [0.05, 0.1) is 17.7 Å². The minimum absolute atomic E-state index is 0.0457. The fourth-order valence-corrected chi connectivity index (χ4v) is 5.32. The fourth-order valence-electron chi connectivity index (χ4n) is 2.87. The molecule has 0 aliphatic heterocycles. The molecule has 0 unspecified atom stereocenters. The van der Waals surface area contributed by atoms with Crippen molar-refractivity contribution < 1.29 is 17.9 Å². The van der Waals surface area contributed by atoms with Gasteiger partial charge in [0.15, 0.2) is 0 Å². The standard InChI is InChI=1S/C23H22Cl2N2O4S2/c1-31-20-8-12-22(13-9-20)33(29,30)27(19-6-2-17(24)3-7-19)16-23(28)26-14-15-32-21-10-4-18(25)5-11-21/h2-13H,14-16H2,1H3,(H,26,28). The van der Waals surface area contributed by atoms with Crippen LogP contribution in [0.4, 0.5) is 5.69 Å². The van der Waals surface area contributed by atoms with E-state index in [0.29, 0.717) is 33.8 Å². The molecule has 0 saturated heterocycles. The first-order valence-electron chi connectivity index (χ1n) is 9.87. The smallest absolute Gasteiger partial charge is 0.264 e. The number of carbonyl (C=O) groups excluding carboxylic acids is 1. The Morgan fingerprint density at radius 1 is 0.939 bits per heavy atom. The summed E-state index contributed by atoms with van der Waals surface area (Å²) in [5.74, 6) is 0.737. The summed E-state index contributed by atoms with van der Waals surface area (Å²) >= 11 is 13.4. The van der Waals surface area contributed by atoms with Gasteiger partial charge in [0, 0.05) is 27.2 Å². The van der Waals surface area contributed by atoms with Crippen molar-refractivity contribution in [3.05, 3.63) is 82.8 Å². The number of thioether (sulfide) groups is 1. The minimum atomic E-state index is -4.01. The Hall–Kier alpha value is -2.39. The molecule has 0 aliphatic carbocycles. The molecule has 10 heteroatoms. The first-order chi connectivity index (χ1) is 15.8. The third-order valence-corrected chi connectivity index (χ3v) is 7.86. The van der Waals surface area contributed by atoms with Gasteiger partial charge in [0.25, 0.3) is 10.0 Å². The maximum atomic E-state index is 13.4. The van der Waals surface area contributed by atoms with E-state index in [1.807, 2.05) is 12.1 Å². The Morgan fingerprint density at radius 2 is 1.52 bits per heavy atom. The average Bonchev–Trinajstić information content (AvgIpc) is 2.82. The molecule has 0 fully saturated rings. The van der Waals surface area contributed by atoms with Crippen LogP contribution >= 0.6 is 35.0 Å². The van der Waals surface area contributed by atoms with Crippen LogP contribution in [0, 0.1) is 0 Å². The van der Waals surface area contributed by atoms with Crippen LogP contribution in [-0.4, -0.2) is 40.3 Å². The third kappa shape index (κ3) is 7.04. The molecule has 6 nitrogen and oxygen atoms in total. The van der Waals surface area contributed by atoms with E-state index in [-0.39, 0.29) is 11.4 Å². The predicted octanol–water partition coefficient (Wildman–Crippen LogP) is 5.11. The van der Waals surface area contributed by atoms with Gasteiger partial charge in [0.1, 0.15) is 12.3 Å². The van der Waals surface area contributed by atoms with Gasteiger partial charge in [-0.05, 0) is 72.8 Å². The largest absolute Gasteiger partial charge is 0.497 e. The summed E-state index contributed by atoms with van der Waals surface area (Å²) in [5.41, 5.74) is 0.334. The second-order valence-corrected chi connectivity index (χ2v) is 10.7. The van der Waals surface area contributed by atoms with Gasteiger partial charge in [-0.2, -0.15) is 0 Å². The monoisotopic (exact) mass is 524 g/mol. The topological polar surface area (TPSA) is 75.7 Å². The molecule has 33 heavy (non-hydrogen) atoms. The summed E-state index contributed by atoms with van der Waals surface area (Å²) in [5, 5.41) is 3.90. The second kappa shape index (κ2) is 11.7. The van der Waals surface area contributed by atoms with E-state index in [1.165, 1.54) is 19.2 Å². The van der Waals surface area contributed by atoms with Crippen molar-refractivity contribution in [1.82, 2.24) is 5.32 Å². The minimum Gasteiger partial charge on any atom is -0.497 e. The summed E-state index contributed by atoms with van der Waals surface area (Å²) in [7, 11) is -2.51. The number of ether oxygens (including phenoxy) is 1. The quantitative estimate of drug-likeness (QED) is 0.294. The summed E-state index contributed by atoms with van der Waals surface area (Å²) in [6.45, 7) is 0.00474. The summed E-state index contributed by atoms with van der Waals surface area (Å²) in [6, 6.07) is 19.7. The highest BCUT2D eigenvalue weighted by molar-refractivity contribution is 7.99. The van der Waals surface area contributed by atoms with Crippen LogP contribution in [0.15, 0.2) is 82.6 Å². The van der Waals surface area contributed by atoms with Crippen LogP contribution in [-0.2, 0) is 14.8 Å². The molecule has 0 atom stereocenters. The molecule has 3 aromatic carbocycles. The van der Waals surface area contributed by atoms with Crippen LogP contribution in [0.25, 0.3) is 0 Å². The Morgan fingerprint density at radius 3 is 2.09 bits per heavy atom. The Kier molecular flexibility index (Phi) is 8.91. The number of hydrogen-bond acceptors (Lipinski definition) is 5. The number of halogens is 2. The SMILES string of the molecule is COc1ccc(S(=O)(=O)N(CC(=O)NCCSc2ccc(Cl)cc2)c2ccc(Cl)cc2)cc1. The van der Waals surface area contributed by atoms with Gasteiger partial charge in [-0.25, -0.2) is 8.42 Å². The highest BCUT2D eigenvalue weighted by Crippen LogP contribution is 2.26. The number of rotatable bonds is 10. The number of benzene rings is 3. The van der Waals surface area contributed by atoms with Crippen molar-refractivity contribution in [3.63, 3.8) is 0 Å². The number of nitrogens with one attached hydrogen (secondary N) is 1. The summed E-state index contributed by atoms with van der Waals surface area (Å²) in [4.78, 5) is 13.7. The number of amides is 1. The number of hydrogen-bond donors (Lipinski definition) is 1. The van der Waals surface area contributed by atoms with Crippen LogP contribution in [0.5, 0.6) is 5.75 Å². The second-order valence-electron chi connectivity index (χ2n) is 6.82. The van der Waals surface area contributed by atoms with E-state index < -0.39 is 15.9 Å². The van der Waals surface area contributed by atoms with Crippen LogP contribution in [0.1, 0.15) is 0 Å². The van der Waals surface area contributed by atoms with Crippen LogP contribution < -0.4 is 14.4 Å². The number of carbonyl (C=O) groups is 1. The van der Waals surface area contributed by atoms with Crippen LogP contribution in [0.3, 0.4) is 0 Å². The maximum absolute atomic E-state index is 13.4. The van der Waals surface area contributed by atoms with E-state index in [0.717, 1.165) is 9.20 Å². The lowest BCUT2D eigenvalue weighted by molar-refractivity contribution is -0.119. The summed E-state index contributed by atoms with van der Waals surface area (Å²) < 4.78 is 32.9. The fraction of sp³-hybridized carbons (Fsp3) is 0.174. The molecule has 0 saturated carbocycles. The molecule has 3 rings (SSSR count). The molecule has 0 bridgehead atoms. The Bertz CT molecular complexity index is 1170. The van der Waals surface area contributed by atoms with Crippen molar-refractivity contribution in [1.29, 1.82) is 0 Å². The molecule has 0 aliphatic rings. The molecular formula is C23H22Cl2N2O4S2. The average molecular weight is 525 g/mol. The third-order valence-electron chi connectivity index (χ3n) is 4.56. The molecule has 3 aromatic rings. The van der Waals surface area contributed by atoms with Crippen molar-refractivity contribution in [3.8, 4) is 5.75 Å². The van der Waals surface area contributed by atoms with E-state index in [2.05, 4.69) is 5.32 Å².